The van der Waals surface area contributed by atoms with Crippen molar-refractivity contribution < 1.29 is 17.9 Å². The SMILES string of the molecule is COc1ccc(NC(=O)c2ccc(S(=O)(=O)NC(C)(C)C)cc2)cc1-n1nnnc1C. The zero-order valence-corrected chi connectivity index (χ0v) is 18.7. The molecule has 0 aliphatic rings. The summed E-state index contributed by atoms with van der Waals surface area (Å²) in [6.45, 7) is 7.01. The van der Waals surface area contributed by atoms with Gasteiger partial charge < -0.3 is 10.1 Å². The first-order valence-corrected chi connectivity index (χ1v) is 10.9. The third-order valence-corrected chi connectivity index (χ3v) is 5.93. The molecule has 0 spiro atoms. The second kappa shape index (κ2) is 8.44. The molecule has 0 unspecified atom stereocenters. The average Bonchev–Trinajstić information content (AvgIpc) is 3.12. The van der Waals surface area contributed by atoms with Gasteiger partial charge in [0.05, 0.1) is 12.0 Å². The summed E-state index contributed by atoms with van der Waals surface area (Å²) in [6, 6.07) is 10.8. The molecule has 0 aliphatic carbocycles. The van der Waals surface area contributed by atoms with Gasteiger partial charge in [-0.15, -0.1) is 5.10 Å². The van der Waals surface area contributed by atoms with Crippen LogP contribution < -0.4 is 14.8 Å². The topological polar surface area (TPSA) is 128 Å². The van der Waals surface area contributed by atoms with Crippen LogP contribution in [0.15, 0.2) is 47.4 Å². The highest BCUT2D eigenvalue weighted by molar-refractivity contribution is 7.89. The fraction of sp³-hybridized carbons (Fsp3) is 0.300. The molecule has 1 amide bonds. The van der Waals surface area contributed by atoms with Crippen LogP contribution in [-0.4, -0.2) is 47.2 Å². The molecule has 11 heteroatoms. The first-order valence-electron chi connectivity index (χ1n) is 9.39. The fourth-order valence-electron chi connectivity index (χ4n) is 2.84. The third kappa shape index (κ3) is 5.25. The second-order valence-corrected chi connectivity index (χ2v) is 9.54. The van der Waals surface area contributed by atoms with Gasteiger partial charge in [-0.25, -0.2) is 13.1 Å². The van der Waals surface area contributed by atoms with E-state index < -0.39 is 21.5 Å². The Bertz CT molecular complexity index is 1200. The van der Waals surface area contributed by atoms with Crippen LogP contribution in [0.25, 0.3) is 5.69 Å². The van der Waals surface area contributed by atoms with Gasteiger partial charge in [0, 0.05) is 16.8 Å². The number of tetrazole rings is 1. The molecule has 2 aromatic carbocycles. The number of amides is 1. The molecule has 1 heterocycles. The van der Waals surface area contributed by atoms with Crippen molar-refractivity contribution in [2.24, 2.45) is 0 Å². The van der Waals surface area contributed by atoms with Gasteiger partial charge in [-0.3, -0.25) is 4.79 Å². The van der Waals surface area contributed by atoms with Gasteiger partial charge in [-0.2, -0.15) is 4.68 Å². The van der Waals surface area contributed by atoms with Gasteiger partial charge in [0.15, 0.2) is 5.82 Å². The van der Waals surface area contributed by atoms with Crippen LogP contribution in [0, 0.1) is 6.92 Å². The molecule has 0 bridgehead atoms. The van der Waals surface area contributed by atoms with Crippen LogP contribution in [0.4, 0.5) is 5.69 Å². The number of hydrogen-bond donors (Lipinski definition) is 2. The van der Waals surface area contributed by atoms with Crippen molar-refractivity contribution in [3.63, 3.8) is 0 Å². The van der Waals surface area contributed by atoms with E-state index in [4.69, 9.17) is 4.74 Å². The number of ether oxygens (including phenoxy) is 1. The maximum Gasteiger partial charge on any atom is 0.255 e. The summed E-state index contributed by atoms with van der Waals surface area (Å²) >= 11 is 0. The van der Waals surface area contributed by atoms with Crippen molar-refractivity contribution >= 4 is 21.6 Å². The van der Waals surface area contributed by atoms with Crippen molar-refractivity contribution in [2.45, 2.75) is 38.1 Å². The molecule has 1 aromatic heterocycles. The minimum atomic E-state index is -3.68. The number of rotatable bonds is 6. The number of nitrogens with one attached hydrogen (secondary N) is 2. The van der Waals surface area contributed by atoms with Crippen LogP contribution >= 0.6 is 0 Å². The Labute approximate surface area is 180 Å². The van der Waals surface area contributed by atoms with Gasteiger partial charge in [-0.05, 0) is 80.6 Å². The van der Waals surface area contributed by atoms with E-state index in [2.05, 4.69) is 25.6 Å². The van der Waals surface area contributed by atoms with E-state index in [1.54, 1.807) is 45.9 Å². The number of carbonyl (C=O) groups excluding carboxylic acids is 1. The lowest BCUT2D eigenvalue weighted by molar-refractivity contribution is 0.102. The van der Waals surface area contributed by atoms with Crippen molar-refractivity contribution in [1.82, 2.24) is 24.9 Å². The van der Waals surface area contributed by atoms with E-state index in [1.807, 2.05) is 0 Å². The standard InChI is InChI=1S/C20H24N6O4S/c1-13-22-24-25-26(13)17-12-15(8-11-18(17)30-5)21-19(27)14-6-9-16(10-7-14)31(28,29)23-20(2,3)4/h6-12,23H,1-5H3,(H,21,27). The summed E-state index contributed by atoms with van der Waals surface area (Å²) < 4.78 is 34.3. The van der Waals surface area contributed by atoms with Gasteiger partial charge in [0.25, 0.3) is 5.91 Å². The van der Waals surface area contributed by atoms with Crippen LogP contribution in [0.1, 0.15) is 37.0 Å². The van der Waals surface area contributed by atoms with Gasteiger partial charge in [-0.1, -0.05) is 0 Å². The average molecular weight is 445 g/mol. The molecule has 164 valence electrons. The number of carbonyl (C=O) groups is 1. The lowest BCUT2D eigenvalue weighted by Crippen LogP contribution is -2.40. The minimum Gasteiger partial charge on any atom is -0.494 e. The molecule has 10 nitrogen and oxygen atoms in total. The van der Waals surface area contributed by atoms with Crippen molar-refractivity contribution in [3.8, 4) is 11.4 Å². The van der Waals surface area contributed by atoms with Crippen LogP contribution in [0.2, 0.25) is 0 Å². The maximum absolute atomic E-state index is 12.7. The number of anilines is 1. The molecular formula is C20H24N6O4S. The van der Waals surface area contributed by atoms with E-state index in [-0.39, 0.29) is 4.90 Å². The molecule has 3 rings (SSSR count). The van der Waals surface area contributed by atoms with E-state index in [9.17, 15) is 13.2 Å². The Morgan fingerprint density at radius 2 is 1.77 bits per heavy atom. The normalized spacial score (nSPS) is 11.9. The second-order valence-electron chi connectivity index (χ2n) is 7.86. The fourth-order valence-corrected chi connectivity index (χ4v) is 4.26. The highest BCUT2D eigenvalue weighted by Crippen LogP contribution is 2.26. The molecule has 0 saturated carbocycles. The van der Waals surface area contributed by atoms with Gasteiger partial charge in [0.1, 0.15) is 11.4 Å². The first-order chi connectivity index (χ1) is 14.5. The maximum atomic E-state index is 12.7. The molecule has 0 fully saturated rings. The predicted octanol–water partition coefficient (Wildman–Crippen LogP) is 2.31. The van der Waals surface area contributed by atoms with Crippen LogP contribution in [0.3, 0.4) is 0 Å². The number of methoxy groups -OCH3 is 1. The third-order valence-electron chi connectivity index (χ3n) is 4.16. The highest BCUT2D eigenvalue weighted by Gasteiger charge is 2.22. The van der Waals surface area contributed by atoms with E-state index in [0.29, 0.717) is 28.5 Å². The number of nitrogens with zero attached hydrogens (tertiary/aromatic N) is 4. The summed E-state index contributed by atoms with van der Waals surface area (Å²) in [5, 5.41) is 14.2. The summed E-state index contributed by atoms with van der Waals surface area (Å²) in [6.07, 6.45) is 0. The molecule has 0 saturated heterocycles. The molecular weight excluding hydrogens is 420 g/mol. The number of benzene rings is 2. The predicted molar refractivity (Wildman–Crippen MR) is 115 cm³/mol. The summed E-state index contributed by atoms with van der Waals surface area (Å²) in [7, 11) is -2.15. The number of hydrogen-bond acceptors (Lipinski definition) is 7. The lowest BCUT2D eigenvalue weighted by Gasteiger charge is -2.20. The highest BCUT2D eigenvalue weighted by atomic mass is 32.2. The molecule has 3 aromatic rings. The van der Waals surface area contributed by atoms with Crippen LogP contribution in [-0.2, 0) is 10.0 Å². The van der Waals surface area contributed by atoms with Crippen molar-refractivity contribution in [2.75, 3.05) is 12.4 Å². The molecule has 31 heavy (non-hydrogen) atoms. The zero-order valence-electron chi connectivity index (χ0n) is 17.9. The van der Waals surface area contributed by atoms with Gasteiger partial charge >= 0.3 is 0 Å². The summed E-state index contributed by atoms with van der Waals surface area (Å²) in [5.74, 6) is 0.703. The quantitative estimate of drug-likeness (QED) is 0.597. The van der Waals surface area contributed by atoms with E-state index in [1.165, 1.54) is 36.1 Å². The molecule has 0 atom stereocenters. The van der Waals surface area contributed by atoms with E-state index >= 15 is 0 Å². The van der Waals surface area contributed by atoms with Crippen molar-refractivity contribution in [1.29, 1.82) is 0 Å². The Balaban J connectivity index is 1.81. The Morgan fingerprint density at radius 3 is 2.32 bits per heavy atom. The minimum absolute atomic E-state index is 0.0832. The Hall–Kier alpha value is -3.31. The van der Waals surface area contributed by atoms with Gasteiger partial charge in [0.2, 0.25) is 10.0 Å². The van der Waals surface area contributed by atoms with E-state index in [0.717, 1.165) is 0 Å². The zero-order chi connectivity index (χ0) is 22.8. The molecule has 0 aliphatic heterocycles. The summed E-state index contributed by atoms with van der Waals surface area (Å²) in [5.41, 5.74) is 0.767. The van der Waals surface area contributed by atoms with Crippen LogP contribution in [0.5, 0.6) is 5.75 Å². The number of sulfonamides is 1. The largest absolute Gasteiger partial charge is 0.494 e. The smallest absolute Gasteiger partial charge is 0.255 e. The monoisotopic (exact) mass is 444 g/mol. The summed E-state index contributed by atoms with van der Waals surface area (Å²) in [4.78, 5) is 12.8. The first kappa shape index (κ1) is 22.4. The lowest BCUT2D eigenvalue weighted by atomic mass is 10.1. The van der Waals surface area contributed by atoms with Crippen molar-refractivity contribution in [3.05, 3.63) is 53.9 Å². The molecule has 2 N–H and O–H groups in total. The number of aryl methyl sites for hydroxylation is 1. The molecule has 0 radical (unpaired) electrons. The Kier molecular flexibility index (Phi) is 6.09. The number of aromatic nitrogens is 4. The Morgan fingerprint density at radius 1 is 1.10 bits per heavy atom.